The zero-order chi connectivity index (χ0) is 18.3. The Morgan fingerprint density at radius 2 is 2.12 bits per heavy atom. The molecule has 26 heavy (non-hydrogen) atoms. The predicted molar refractivity (Wildman–Crippen MR) is 93.3 cm³/mol. The van der Waals surface area contributed by atoms with Crippen LogP contribution in [0.15, 0.2) is 52.2 Å². The van der Waals surface area contributed by atoms with Gasteiger partial charge in [-0.15, -0.1) is 0 Å². The lowest BCUT2D eigenvalue weighted by atomic mass is 10.0. The molecule has 0 fully saturated rings. The summed E-state index contributed by atoms with van der Waals surface area (Å²) in [6.07, 6.45) is 4.67. The first-order valence-electron chi connectivity index (χ1n) is 7.65. The van der Waals surface area contributed by atoms with Gasteiger partial charge >= 0.3 is 5.76 Å². The number of aromatic nitrogens is 5. The maximum absolute atomic E-state index is 12.8. The average Bonchev–Trinajstić information content (AvgIpc) is 3.22. The summed E-state index contributed by atoms with van der Waals surface area (Å²) >= 11 is 5.84. The van der Waals surface area contributed by atoms with Gasteiger partial charge in [-0.2, -0.15) is 5.10 Å². The molecule has 0 saturated heterocycles. The van der Waals surface area contributed by atoms with Crippen LogP contribution in [0.25, 0.3) is 11.1 Å². The molecule has 0 aliphatic heterocycles. The summed E-state index contributed by atoms with van der Waals surface area (Å²) in [4.78, 5) is 32.5. The van der Waals surface area contributed by atoms with Gasteiger partial charge in [-0.3, -0.25) is 14.0 Å². The maximum atomic E-state index is 12.8. The van der Waals surface area contributed by atoms with Crippen LogP contribution >= 0.6 is 11.6 Å². The van der Waals surface area contributed by atoms with Crippen LogP contribution < -0.4 is 5.76 Å². The van der Waals surface area contributed by atoms with Crippen molar-refractivity contribution in [3.8, 4) is 0 Å². The molecule has 0 unspecified atom stereocenters. The van der Waals surface area contributed by atoms with Crippen LogP contribution in [0.1, 0.15) is 21.6 Å². The van der Waals surface area contributed by atoms with Gasteiger partial charge in [0.25, 0.3) is 0 Å². The van der Waals surface area contributed by atoms with Gasteiger partial charge in [0, 0.05) is 36.6 Å². The van der Waals surface area contributed by atoms with Crippen molar-refractivity contribution in [2.75, 3.05) is 0 Å². The van der Waals surface area contributed by atoms with Gasteiger partial charge in [0.15, 0.2) is 5.58 Å². The fraction of sp³-hybridized carbons (Fsp3) is 0.118. The highest BCUT2D eigenvalue weighted by Crippen LogP contribution is 2.23. The van der Waals surface area contributed by atoms with Gasteiger partial charge in [-0.25, -0.2) is 14.8 Å². The van der Waals surface area contributed by atoms with Crippen LogP contribution in [0.2, 0.25) is 5.15 Å². The topological polar surface area (TPSA) is 95.8 Å². The molecule has 4 aromatic rings. The second kappa shape index (κ2) is 6.23. The van der Waals surface area contributed by atoms with E-state index in [9.17, 15) is 9.59 Å². The molecule has 8 nitrogen and oxygen atoms in total. The summed E-state index contributed by atoms with van der Waals surface area (Å²) in [6.45, 7) is 0.377. The van der Waals surface area contributed by atoms with E-state index in [2.05, 4.69) is 15.1 Å². The number of ketones is 1. The van der Waals surface area contributed by atoms with Crippen LogP contribution in [0.4, 0.5) is 0 Å². The van der Waals surface area contributed by atoms with Crippen molar-refractivity contribution in [3.05, 3.63) is 75.5 Å². The Kier molecular flexibility index (Phi) is 3.89. The number of carbonyl (C=O) groups excluding carboxylic acids is 1. The minimum atomic E-state index is -0.503. The van der Waals surface area contributed by atoms with E-state index in [1.54, 1.807) is 36.3 Å². The van der Waals surface area contributed by atoms with E-state index in [1.807, 2.05) is 0 Å². The smallest absolute Gasteiger partial charge is 0.408 e. The van der Waals surface area contributed by atoms with Crippen molar-refractivity contribution in [3.63, 3.8) is 0 Å². The van der Waals surface area contributed by atoms with Crippen molar-refractivity contribution < 1.29 is 9.21 Å². The summed E-state index contributed by atoms with van der Waals surface area (Å²) < 4.78 is 8.38. The second-order valence-electron chi connectivity index (χ2n) is 5.67. The van der Waals surface area contributed by atoms with Gasteiger partial charge in [0.05, 0.1) is 12.1 Å². The van der Waals surface area contributed by atoms with Crippen molar-refractivity contribution in [1.82, 2.24) is 24.3 Å². The van der Waals surface area contributed by atoms with E-state index in [-0.39, 0.29) is 16.6 Å². The van der Waals surface area contributed by atoms with Crippen LogP contribution in [0.5, 0.6) is 0 Å². The molecule has 130 valence electrons. The molecule has 0 spiro atoms. The number of rotatable bonds is 4. The fourth-order valence-corrected chi connectivity index (χ4v) is 2.95. The van der Waals surface area contributed by atoms with Gasteiger partial charge < -0.3 is 4.42 Å². The highest BCUT2D eigenvalue weighted by Gasteiger charge is 2.18. The molecule has 0 bridgehead atoms. The monoisotopic (exact) mass is 369 g/mol. The van der Waals surface area contributed by atoms with Crippen molar-refractivity contribution in [1.29, 1.82) is 0 Å². The lowest BCUT2D eigenvalue weighted by molar-refractivity contribution is 0.103. The zero-order valence-electron chi connectivity index (χ0n) is 13.6. The molecule has 3 heterocycles. The van der Waals surface area contributed by atoms with Gasteiger partial charge in [-0.1, -0.05) is 11.6 Å². The van der Waals surface area contributed by atoms with Crippen LogP contribution in [-0.2, 0) is 13.6 Å². The fourth-order valence-electron chi connectivity index (χ4n) is 2.80. The maximum Gasteiger partial charge on any atom is 0.419 e. The number of hydrogen-bond acceptors (Lipinski definition) is 6. The van der Waals surface area contributed by atoms with Gasteiger partial charge in [0.2, 0.25) is 5.78 Å². The molecule has 0 aliphatic carbocycles. The molecule has 3 aromatic heterocycles. The van der Waals surface area contributed by atoms with E-state index in [1.165, 1.54) is 23.0 Å². The number of aryl methyl sites for hydroxylation is 1. The van der Waals surface area contributed by atoms with Crippen LogP contribution in [0.3, 0.4) is 0 Å². The molecule has 0 amide bonds. The number of carbonyl (C=O) groups is 1. The highest BCUT2D eigenvalue weighted by molar-refractivity contribution is 6.29. The lowest BCUT2D eigenvalue weighted by Gasteiger charge is -2.08. The predicted octanol–water partition coefficient (Wildman–Crippen LogP) is 2.05. The van der Waals surface area contributed by atoms with Gasteiger partial charge in [-0.05, 0) is 18.2 Å². The SMILES string of the molecule is Cn1c(=O)oc2cc(C(=O)c3cc(Cl)ncn3)cc(Cn3cccn3)c21. The molecular weight excluding hydrogens is 358 g/mol. The van der Waals surface area contributed by atoms with Gasteiger partial charge in [0.1, 0.15) is 17.2 Å². The van der Waals surface area contributed by atoms with E-state index in [4.69, 9.17) is 16.0 Å². The first kappa shape index (κ1) is 16.2. The van der Waals surface area contributed by atoms with E-state index in [0.29, 0.717) is 23.2 Å². The number of hydrogen-bond donors (Lipinski definition) is 0. The lowest BCUT2D eigenvalue weighted by Crippen LogP contribution is -2.11. The Morgan fingerprint density at radius 1 is 1.27 bits per heavy atom. The average molecular weight is 370 g/mol. The minimum absolute atomic E-state index is 0.160. The Labute approximate surface area is 151 Å². The van der Waals surface area contributed by atoms with Crippen LogP contribution in [-0.4, -0.2) is 30.1 Å². The first-order valence-corrected chi connectivity index (χ1v) is 8.03. The summed E-state index contributed by atoms with van der Waals surface area (Å²) in [7, 11) is 1.62. The highest BCUT2D eigenvalue weighted by atomic mass is 35.5. The first-order chi connectivity index (χ1) is 12.5. The summed E-state index contributed by atoms with van der Waals surface area (Å²) in [5.41, 5.74) is 2.16. The minimum Gasteiger partial charge on any atom is -0.408 e. The number of oxazole rings is 1. The largest absolute Gasteiger partial charge is 0.419 e. The molecule has 0 radical (unpaired) electrons. The molecular formula is C17H12ClN5O3. The van der Waals surface area contributed by atoms with Crippen molar-refractivity contribution in [2.45, 2.75) is 6.54 Å². The van der Waals surface area contributed by atoms with E-state index < -0.39 is 5.76 Å². The Hall–Kier alpha value is -3.26. The number of benzene rings is 1. The zero-order valence-corrected chi connectivity index (χ0v) is 14.3. The Balaban J connectivity index is 1.88. The quantitative estimate of drug-likeness (QED) is 0.403. The second-order valence-corrected chi connectivity index (χ2v) is 6.06. The summed E-state index contributed by atoms with van der Waals surface area (Å²) in [5.74, 6) is -0.846. The third-order valence-corrected chi connectivity index (χ3v) is 4.19. The standard InChI is InChI=1S/C17H12ClN5O3/c1-22-15-11(8-23-4-2-3-21-23)5-10(6-13(15)26-17(22)25)16(24)12-7-14(18)20-9-19-12/h2-7,9H,8H2,1H3. The third kappa shape index (κ3) is 2.80. The molecule has 0 atom stereocenters. The molecule has 1 aromatic carbocycles. The number of nitrogens with zero attached hydrogens (tertiary/aromatic N) is 5. The summed E-state index contributed by atoms with van der Waals surface area (Å²) in [6, 6.07) is 6.42. The molecule has 4 rings (SSSR count). The number of fused-ring (bicyclic) bond motifs is 1. The third-order valence-electron chi connectivity index (χ3n) is 3.98. The summed E-state index contributed by atoms with van der Waals surface area (Å²) in [5, 5.41) is 4.35. The number of halogens is 1. The normalized spacial score (nSPS) is 11.2. The van der Waals surface area contributed by atoms with E-state index >= 15 is 0 Å². The van der Waals surface area contributed by atoms with E-state index in [0.717, 1.165) is 5.56 Å². The Bertz CT molecular complexity index is 1180. The van der Waals surface area contributed by atoms with Crippen LogP contribution in [0, 0.1) is 0 Å². The Morgan fingerprint density at radius 3 is 2.85 bits per heavy atom. The molecule has 9 heteroatoms. The molecule has 0 saturated carbocycles. The van der Waals surface area contributed by atoms with Crippen molar-refractivity contribution >= 4 is 28.5 Å². The molecule has 0 N–H and O–H groups in total. The molecule has 0 aliphatic rings. The van der Waals surface area contributed by atoms with Crippen molar-refractivity contribution in [2.24, 2.45) is 7.05 Å².